The zero-order valence-corrected chi connectivity index (χ0v) is 14.9. The number of aryl methyl sites for hydroxylation is 1. The van der Waals surface area contributed by atoms with Gasteiger partial charge in [-0.3, -0.25) is 9.78 Å². The number of hydrogen-bond acceptors (Lipinski definition) is 4. The van der Waals surface area contributed by atoms with Gasteiger partial charge in [0.25, 0.3) is 5.91 Å². The molecule has 1 aromatic heterocycles. The van der Waals surface area contributed by atoms with Crippen LogP contribution in [0.1, 0.15) is 35.3 Å². The molecule has 2 aromatic rings. The topological polar surface area (TPSA) is 51.7 Å². The summed E-state index contributed by atoms with van der Waals surface area (Å²) in [4.78, 5) is 19.8. The number of carbonyl (C=O) groups excluding carboxylic acids is 1. The molecule has 4 rings (SSSR count). The predicted octanol–water partition coefficient (Wildman–Crippen LogP) is 3.19. The van der Waals surface area contributed by atoms with Gasteiger partial charge in [0.1, 0.15) is 5.75 Å². The van der Waals surface area contributed by atoms with Gasteiger partial charge >= 0.3 is 0 Å². The zero-order valence-electron chi connectivity index (χ0n) is 14.9. The summed E-state index contributed by atoms with van der Waals surface area (Å²) in [5.74, 6) is 0.833. The van der Waals surface area contributed by atoms with Crippen LogP contribution in [0.25, 0.3) is 10.9 Å². The van der Waals surface area contributed by atoms with Crippen molar-refractivity contribution >= 4 is 16.8 Å². The van der Waals surface area contributed by atoms with Crippen molar-refractivity contribution in [3.63, 3.8) is 0 Å². The van der Waals surface area contributed by atoms with Crippen LogP contribution in [0.2, 0.25) is 0 Å². The summed E-state index contributed by atoms with van der Waals surface area (Å²) in [5.41, 5.74) is 2.50. The van der Waals surface area contributed by atoms with Crippen molar-refractivity contribution < 1.29 is 14.3 Å². The van der Waals surface area contributed by atoms with E-state index in [4.69, 9.17) is 9.47 Å². The zero-order chi connectivity index (χ0) is 17.4. The van der Waals surface area contributed by atoms with Crippen LogP contribution in [-0.2, 0) is 4.74 Å². The van der Waals surface area contributed by atoms with Crippen LogP contribution in [0.5, 0.6) is 5.75 Å². The van der Waals surface area contributed by atoms with E-state index in [1.54, 1.807) is 7.11 Å². The SMILES string of the molecule is COc1ccc2nc(C)c(C(=O)N3CCOCC4(CCC4)C3)cc2c1. The quantitative estimate of drug-likeness (QED) is 0.842. The van der Waals surface area contributed by atoms with Crippen molar-refractivity contribution in [1.82, 2.24) is 9.88 Å². The van der Waals surface area contributed by atoms with Crippen molar-refractivity contribution in [3.05, 3.63) is 35.5 Å². The van der Waals surface area contributed by atoms with Gasteiger partial charge in [0, 0.05) is 23.9 Å². The summed E-state index contributed by atoms with van der Waals surface area (Å²) in [7, 11) is 1.64. The molecule has 2 heterocycles. The fourth-order valence-electron chi connectivity index (χ4n) is 3.91. The highest BCUT2D eigenvalue weighted by Gasteiger charge is 2.41. The van der Waals surface area contributed by atoms with Gasteiger partial charge in [-0.15, -0.1) is 0 Å². The normalized spacial score (nSPS) is 19.5. The van der Waals surface area contributed by atoms with Gasteiger partial charge in [-0.05, 0) is 44.0 Å². The highest BCUT2D eigenvalue weighted by Crippen LogP contribution is 2.43. The van der Waals surface area contributed by atoms with Gasteiger partial charge < -0.3 is 14.4 Å². The maximum Gasteiger partial charge on any atom is 0.255 e. The van der Waals surface area contributed by atoms with E-state index < -0.39 is 0 Å². The molecule has 5 nitrogen and oxygen atoms in total. The molecule has 0 atom stereocenters. The Balaban J connectivity index is 1.67. The number of aromatic nitrogens is 1. The minimum Gasteiger partial charge on any atom is -0.497 e. The fourth-order valence-corrected chi connectivity index (χ4v) is 3.91. The highest BCUT2D eigenvalue weighted by molar-refractivity contribution is 5.99. The van der Waals surface area contributed by atoms with E-state index in [-0.39, 0.29) is 11.3 Å². The van der Waals surface area contributed by atoms with E-state index in [0.717, 1.165) is 48.3 Å². The Morgan fingerprint density at radius 1 is 1.32 bits per heavy atom. The number of fused-ring (bicyclic) bond motifs is 1. The second-order valence-corrected chi connectivity index (χ2v) is 7.31. The minimum absolute atomic E-state index is 0.0616. The summed E-state index contributed by atoms with van der Waals surface area (Å²) < 4.78 is 11.1. The van der Waals surface area contributed by atoms with Crippen molar-refractivity contribution in [2.24, 2.45) is 5.41 Å². The molecule has 132 valence electrons. The summed E-state index contributed by atoms with van der Waals surface area (Å²) in [6, 6.07) is 7.69. The molecule has 2 fully saturated rings. The monoisotopic (exact) mass is 340 g/mol. The van der Waals surface area contributed by atoms with Crippen LogP contribution in [-0.4, -0.2) is 49.2 Å². The van der Waals surface area contributed by atoms with Crippen molar-refractivity contribution in [3.8, 4) is 5.75 Å². The number of hydrogen-bond donors (Lipinski definition) is 0. The van der Waals surface area contributed by atoms with E-state index in [9.17, 15) is 4.79 Å². The first-order valence-corrected chi connectivity index (χ1v) is 8.93. The number of pyridine rings is 1. The fraction of sp³-hybridized carbons (Fsp3) is 0.500. The molecule has 0 bridgehead atoms. The largest absolute Gasteiger partial charge is 0.497 e. The lowest BCUT2D eigenvalue weighted by Crippen LogP contribution is -2.45. The number of benzene rings is 1. The van der Waals surface area contributed by atoms with Crippen LogP contribution < -0.4 is 4.74 Å². The lowest BCUT2D eigenvalue weighted by Gasteiger charge is -2.42. The molecule has 0 N–H and O–H groups in total. The molecular formula is C20H24N2O3. The highest BCUT2D eigenvalue weighted by atomic mass is 16.5. The lowest BCUT2D eigenvalue weighted by molar-refractivity contribution is 0.0104. The molecule has 25 heavy (non-hydrogen) atoms. The van der Waals surface area contributed by atoms with Gasteiger partial charge in [0.15, 0.2) is 0 Å². The molecule has 1 spiro atoms. The van der Waals surface area contributed by atoms with Crippen molar-refractivity contribution in [2.45, 2.75) is 26.2 Å². The first-order chi connectivity index (χ1) is 12.1. The molecule has 1 aliphatic heterocycles. The third-order valence-electron chi connectivity index (χ3n) is 5.58. The summed E-state index contributed by atoms with van der Waals surface area (Å²) in [5, 5.41) is 0.928. The maximum atomic E-state index is 13.2. The van der Waals surface area contributed by atoms with Crippen LogP contribution in [0, 0.1) is 12.3 Å². The Hall–Kier alpha value is -2.14. The third-order valence-corrected chi connectivity index (χ3v) is 5.58. The second kappa shape index (κ2) is 6.30. The van der Waals surface area contributed by atoms with Gasteiger partial charge in [0.2, 0.25) is 0 Å². The van der Waals surface area contributed by atoms with Gasteiger partial charge in [0.05, 0.1) is 37.1 Å². The Bertz CT molecular complexity index is 814. The van der Waals surface area contributed by atoms with Crippen molar-refractivity contribution in [2.75, 3.05) is 33.4 Å². The predicted molar refractivity (Wildman–Crippen MR) is 96.0 cm³/mol. The molecule has 2 aliphatic rings. The number of carbonyl (C=O) groups is 1. The van der Waals surface area contributed by atoms with Crippen molar-refractivity contribution in [1.29, 1.82) is 0 Å². The average Bonchev–Trinajstić information content (AvgIpc) is 2.83. The van der Waals surface area contributed by atoms with E-state index in [0.29, 0.717) is 18.7 Å². The van der Waals surface area contributed by atoms with Gasteiger partial charge in [-0.1, -0.05) is 6.42 Å². The number of rotatable bonds is 2. The van der Waals surface area contributed by atoms with Gasteiger partial charge in [-0.2, -0.15) is 0 Å². The minimum atomic E-state index is 0.0616. The van der Waals surface area contributed by atoms with Crippen LogP contribution >= 0.6 is 0 Å². The molecule has 1 amide bonds. The summed E-state index contributed by atoms with van der Waals surface area (Å²) >= 11 is 0. The van der Waals surface area contributed by atoms with Crippen LogP contribution in [0.4, 0.5) is 0 Å². The van der Waals surface area contributed by atoms with E-state index >= 15 is 0 Å². The summed E-state index contributed by atoms with van der Waals surface area (Å²) in [6.07, 6.45) is 3.55. The van der Waals surface area contributed by atoms with E-state index in [1.807, 2.05) is 36.1 Å². The van der Waals surface area contributed by atoms with Crippen LogP contribution in [0.3, 0.4) is 0 Å². The molecule has 0 unspecified atom stereocenters. The molecule has 5 heteroatoms. The lowest BCUT2D eigenvalue weighted by atomic mass is 9.69. The first kappa shape index (κ1) is 16.3. The molecular weight excluding hydrogens is 316 g/mol. The number of nitrogens with zero attached hydrogens (tertiary/aromatic N) is 2. The molecule has 1 aliphatic carbocycles. The Morgan fingerprint density at radius 2 is 2.16 bits per heavy atom. The van der Waals surface area contributed by atoms with Gasteiger partial charge in [-0.25, -0.2) is 0 Å². The number of ether oxygens (including phenoxy) is 2. The molecule has 1 saturated heterocycles. The first-order valence-electron chi connectivity index (χ1n) is 8.93. The third kappa shape index (κ3) is 2.97. The summed E-state index contributed by atoms with van der Waals surface area (Å²) in [6.45, 7) is 4.74. The average molecular weight is 340 g/mol. The smallest absolute Gasteiger partial charge is 0.255 e. The second-order valence-electron chi connectivity index (χ2n) is 7.31. The Kier molecular flexibility index (Phi) is 4.12. The Morgan fingerprint density at radius 3 is 2.88 bits per heavy atom. The number of methoxy groups -OCH3 is 1. The maximum absolute atomic E-state index is 13.2. The van der Waals surface area contributed by atoms with Crippen LogP contribution in [0.15, 0.2) is 24.3 Å². The standard InChI is InChI=1S/C20H24N2O3/c1-14-17(11-15-10-16(24-2)4-5-18(15)21-14)19(23)22-8-9-25-13-20(12-22)6-3-7-20/h4-5,10-11H,3,6-9,12-13H2,1-2H3. The number of amides is 1. The molecule has 1 aromatic carbocycles. The van der Waals surface area contributed by atoms with E-state index in [1.165, 1.54) is 6.42 Å². The molecule has 1 saturated carbocycles. The Labute approximate surface area is 147 Å². The molecule has 0 radical (unpaired) electrons. The van der Waals surface area contributed by atoms with E-state index in [2.05, 4.69) is 4.98 Å².